The van der Waals surface area contributed by atoms with Gasteiger partial charge < -0.3 is 9.64 Å². The summed E-state index contributed by atoms with van der Waals surface area (Å²) in [6.07, 6.45) is 0. The Labute approximate surface area is 154 Å². The lowest BCUT2D eigenvalue weighted by molar-refractivity contribution is -0.0499. The highest BCUT2D eigenvalue weighted by Crippen LogP contribution is 2.29. The molecule has 0 N–H and O–H groups in total. The fraction of sp³-hybridized carbons (Fsp3) is 0.150. The third-order valence-corrected chi connectivity index (χ3v) is 4.78. The molecule has 134 valence electrons. The Balaban J connectivity index is 1.82. The van der Waals surface area contributed by atoms with Gasteiger partial charge in [-0.3, -0.25) is 4.79 Å². The average Bonchev–Trinajstić information content (AvgIpc) is 3.09. The van der Waals surface area contributed by atoms with E-state index in [9.17, 15) is 13.6 Å². The Morgan fingerprint density at radius 2 is 1.77 bits per heavy atom. The quantitative estimate of drug-likeness (QED) is 0.588. The summed E-state index contributed by atoms with van der Waals surface area (Å²) in [6, 6.07) is 19.1. The first-order chi connectivity index (χ1) is 12.6. The van der Waals surface area contributed by atoms with Gasteiger partial charge in [-0.1, -0.05) is 54.6 Å². The maximum Gasteiger partial charge on any atom is 0.387 e. The Bertz CT molecular complexity index is 880. The first kappa shape index (κ1) is 18.1. The van der Waals surface area contributed by atoms with E-state index in [2.05, 4.69) is 4.74 Å². The van der Waals surface area contributed by atoms with Gasteiger partial charge in [0.1, 0.15) is 10.6 Å². The van der Waals surface area contributed by atoms with Crippen molar-refractivity contribution in [3.8, 4) is 16.9 Å². The Hall–Kier alpha value is -2.73. The predicted octanol–water partition coefficient (Wildman–Crippen LogP) is 5.29. The van der Waals surface area contributed by atoms with Crippen molar-refractivity contribution >= 4 is 17.2 Å². The number of hydrogen-bond acceptors (Lipinski definition) is 3. The number of rotatable bonds is 6. The van der Waals surface area contributed by atoms with Gasteiger partial charge in [0.05, 0.1) is 0 Å². The number of benzene rings is 2. The van der Waals surface area contributed by atoms with E-state index < -0.39 is 6.61 Å². The summed E-state index contributed by atoms with van der Waals surface area (Å²) in [4.78, 5) is 14.3. The van der Waals surface area contributed by atoms with Crippen LogP contribution in [0.25, 0.3) is 11.1 Å². The zero-order chi connectivity index (χ0) is 18.5. The molecule has 0 atom stereocenters. The normalized spacial score (nSPS) is 10.8. The molecule has 0 aliphatic rings. The van der Waals surface area contributed by atoms with Crippen molar-refractivity contribution in [2.45, 2.75) is 13.2 Å². The van der Waals surface area contributed by atoms with Crippen LogP contribution in [-0.2, 0) is 6.54 Å². The second-order valence-electron chi connectivity index (χ2n) is 5.68. The SMILES string of the molecule is CN(Cc1ccccc1-c1ccccc1)C(=O)c1sccc1OC(F)F. The summed E-state index contributed by atoms with van der Waals surface area (Å²) in [5.74, 6) is -0.434. The van der Waals surface area contributed by atoms with Gasteiger partial charge in [-0.2, -0.15) is 8.78 Å². The monoisotopic (exact) mass is 373 g/mol. The summed E-state index contributed by atoms with van der Waals surface area (Å²) in [5, 5.41) is 1.57. The standard InChI is InChI=1S/C20H17F2NO2S/c1-23(19(24)18-17(11-12-26-18)25-20(21)22)13-15-9-5-6-10-16(15)14-7-3-2-4-8-14/h2-12,20H,13H2,1H3. The van der Waals surface area contributed by atoms with Gasteiger partial charge in [-0.05, 0) is 28.1 Å². The van der Waals surface area contributed by atoms with Crippen LogP contribution in [0.4, 0.5) is 8.78 Å². The van der Waals surface area contributed by atoms with Crippen LogP contribution in [0.5, 0.6) is 5.75 Å². The molecule has 6 heteroatoms. The molecule has 0 unspecified atom stereocenters. The zero-order valence-corrected chi connectivity index (χ0v) is 14.9. The van der Waals surface area contributed by atoms with Crippen molar-refractivity contribution in [2.75, 3.05) is 7.05 Å². The van der Waals surface area contributed by atoms with Crippen molar-refractivity contribution < 1.29 is 18.3 Å². The van der Waals surface area contributed by atoms with Crippen LogP contribution in [0.3, 0.4) is 0 Å². The highest BCUT2D eigenvalue weighted by atomic mass is 32.1. The fourth-order valence-electron chi connectivity index (χ4n) is 2.70. The van der Waals surface area contributed by atoms with Gasteiger partial charge >= 0.3 is 6.61 Å². The summed E-state index contributed by atoms with van der Waals surface area (Å²) in [5.41, 5.74) is 3.06. The lowest BCUT2D eigenvalue weighted by Gasteiger charge is -2.19. The van der Waals surface area contributed by atoms with E-state index >= 15 is 0 Å². The molecular formula is C20H17F2NO2S. The molecule has 3 rings (SSSR count). The smallest absolute Gasteiger partial charge is 0.387 e. The first-order valence-electron chi connectivity index (χ1n) is 7.97. The molecular weight excluding hydrogens is 356 g/mol. The number of carbonyl (C=O) groups is 1. The molecule has 0 spiro atoms. The number of alkyl halides is 2. The Morgan fingerprint density at radius 1 is 1.08 bits per heavy atom. The molecule has 0 radical (unpaired) electrons. The summed E-state index contributed by atoms with van der Waals surface area (Å²) < 4.78 is 29.4. The number of nitrogens with zero attached hydrogens (tertiary/aromatic N) is 1. The third kappa shape index (κ3) is 4.08. The lowest BCUT2D eigenvalue weighted by atomic mass is 9.99. The summed E-state index contributed by atoms with van der Waals surface area (Å²) in [7, 11) is 1.65. The van der Waals surface area contributed by atoms with Crippen molar-refractivity contribution in [1.82, 2.24) is 4.90 Å². The minimum Gasteiger partial charge on any atom is -0.433 e. The third-order valence-electron chi connectivity index (χ3n) is 3.90. The molecule has 0 bridgehead atoms. The second kappa shape index (κ2) is 8.10. The van der Waals surface area contributed by atoms with Gasteiger partial charge in [0.25, 0.3) is 5.91 Å². The van der Waals surface area contributed by atoms with Crippen LogP contribution in [0.2, 0.25) is 0 Å². The summed E-state index contributed by atoms with van der Waals surface area (Å²) in [6.45, 7) is -2.60. The van der Waals surface area contributed by atoms with Gasteiger partial charge in [-0.15, -0.1) is 11.3 Å². The van der Waals surface area contributed by atoms with E-state index in [1.54, 1.807) is 12.4 Å². The van der Waals surface area contributed by atoms with Crippen LogP contribution in [-0.4, -0.2) is 24.5 Å². The number of halogens is 2. The first-order valence-corrected chi connectivity index (χ1v) is 8.85. The molecule has 1 amide bonds. The highest BCUT2D eigenvalue weighted by molar-refractivity contribution is 7.12. The molecule has 3 nitrogen and oxygen atoms in total. The lowest BCUT2D eigenvalue weighted by Crippen LogP contribution is -2.26. The zero-order valence-electron chi connectivity index (χ0n) is 14.1. The highest BCUT2D eigenvalue weighted by Gasteiger charge is 2.21. The second-order valence-corrected chi connectivity index (χ2v) is 6.59. The maximum absolute atomic E-state index is 12.7. The Morgan fingerprint density at radius 3 is 2.50 bits per heavy atom. The molecule has 1 aromatic heterocycles. The predicted molar refractivity (Wildman–Crippen MR) is 98.6 cm³/mol. The van der Waals surface area contributed by atoms with Crippen molar-refractivity contribution in [1.29, 1.82) is 0 Å². The van der Waals surface area contributed by atoms with Crippen LogP contribution in [0.15, 0.2) is 66.0 Å². The molecule has 26 heavy (non-hydrogen) atoms. The van der Waals surface area contributed by atoms with Crippen LogP contribution in [0, 0.1) is 0 Å². The van der Waals surface area contributed by atoms with E-state index in [1.165, 1.54) is 11.0 Å². The maximum atomic E-state index is 12.7. The minimum absolute atomic E-state index is 0.0850. The molecule has 0 saturated heterocycles. The van der Waals surface area contributed by atoms with Crippen molar-refractivity contribution in [3.63, 3.8) is 0 Å². The minimum atomic E-state index is -2.96. The largest absolute Gasteiger partial charge is 0.433 e. The van der Waals surface area contributed by atoms with Crippen LogP contribution in [0.1, 0.15) is 15.2 Å². The Kier molecular flexibility index (Phi) is 5.63. The molecule has 0 aliphatic carbocycles. The topological polar surface area (TPSA) is 29.5 Å². The molecule has 2 aromatic carbocycles. The number of hydrogen-bond donors (Lipinski definition) is 0. The van der Waals surface area contributed by atoms with E-state index in [0.29, 0.717) is 6.54 Å². The molecule has 1 heterocycles. The van der Waals surface area contributed by atoms with Crippen molar-refractivity contribution in [3.05, 3.63) is 76.5 Å². The van der Waals surface area contributed by atoms with Crippen molar-refractivity contribution in [2.24, 2.45) is 0 Å². The van der Waals surface area contributed by atoms with E-state index in [1.807, 2.05) is 54.6 Å². The molecule has 0 fully saturated rings. The van der Waals surface area contributed by atoms with E-state index in [4.69, 9.17) is 0 Å². The van der Waals surface area contributed by atoms with Gasteiger partial charge in [-0.25, -0.2) is 0 Å². The molecule has 0 saturated carbocycles. The van der Waals surface area contributed by atoms with Gasteiger partial charge in [0.15, 0.2) is 0 Å². The van der Waals surface area contributed by atoms with E-state index in [0.717, 1.165) is 28.0 Å². The number of amides is 1. The number of thiophene rings is 1. The molecule has 0 aliphatic heterocycles. The van der Waals surface area contributed by atoms with Crippen LogP contribution >= 0.6 is 11.3 Å². The summed E-state index contributed by atoms with van der Waals surface area (Å²) >= 11 is 1.09. The fourth-order valence-corrected chi connectivity index (χ4v) is 3.52. The number of carbonyl (C=O) groups excluding carboxylic acids is 1. The molecule has 3 aromatic rings. The van der Waals surface area contributed by atoms with E-state index in [-0.39, 0.29) is 16.5 Å². The average molecular weight is 373 g/mol. The van der Waals surface area contributed by atoms with Gasteiger partial charge in [0.2, 0.25) is 0 Å². The van der Waals surface area contributed by atoms with Crippen LogP contribution < -0.4 is 4.74 Å². The van der Waals surface area contributed by atoms with Gasteiger partial charge in [0, 0.05) is 13.6 Å². The number of ether oxygens (including phenoxy) is 1.